The van der Waals surface area contributed by atoms with E-state index < -0.39 is 17.5 Å². The van der Waals surface area contributed by atoms with Gasteiger partial charge < -0.3 is 16.4 Å². The number of amides is 2. The number of rotatable bonds is 3. The number of nitrogens with one attached hydrogen (secondary N) is 2. The SMILES string of the molecule is CC(C)(NC(=O)C1NCCc2ccccc21)C(N)=O. The van der Waals surface area contributed by atoms with E-state index in [1.54, 1.807) is 13.8 Å². The molecule has 19 heavy (non-hydrogen) atoms. The molecule has 1 atom stereocenters. The fourth-order valence-corrected chi connectivity index (χ4v) is 2.18. The summed E-state index contributed by atoms with van der Waals surface area (Å²) < 4.78 is 0. The third-order valence-corrected chi connectivity index (χ3v) is 3.42. The van der Waals surface area contributed by atoms with Gasteiger partial charge in [0.2, 0.25) is 11.8 Å². The van der Waals surface area contributed by atoms with Gasteiger partial charge in [0.05, 0.1) is 0 Å². The summed E-state index contributed by atoms with van der Waals surface area (Å²) in [5.74, 6) is -0.777. The Bertz CT molecular complexity index is 511. The van der Waals surface area contributed by atoms with Crippen molar-refractivity contribution in [2.75, 3.05) is 6.54 Å². The Morgan fingerprint density at radius 2 is 2.05 bits per heavy atom. The molecule has 5 heteroatoms. The van der Waals surface area contributed by atoms with E-state index in [0.29, 0.717) is 0 Å². The summed E-state index contributed by atoms with van der Waals surface area (Å²) in [5, 5.41) is 5.86. The van der Waals surface area contributed by atoms with Crippen LogP contribution in [0.4, 0.5) is 0 Å². The van der Waals surface area contributed by atoms with E-state index in [9.17, 15) is 9.59 Å². The van der Waals surface area contributed by atoms with E-state index in [1.807, 2.05) is 24.3 Å². The van der Waals surface area contributed by atoms with Crippen LogP contribution in [0.1, 0.15) is 31.0 Å². The van der Waals surface area contributed by atoms with Gasteiger partial charge in [-0.1, -0.05) is 24.3 Å². The maximum atomic E-state index is 12.3. The minimum Gasteiger partial charge on any atom is -0.368 e. The van der Waals surface area contributed by atoms with Crippen LogP contribution in [0.15, 0.2) is 24.3 Å². The Kier molecular flexibility index (Phi) is 3.57. The highest BCUT2D eigenvalue weighted by Crippen LogP contribution is 2.23. The summed E-state index contributed by atoms with van der Waals surface area (Å²) in [6.45, 7) is 3.94. The molecule has 4 N–H and O–H groups in total. The first kappa shape index (κ1) is 13.5. The maximum Gasteiger partial charge on any atom is 0.242 e. The molecule has 5 nitrogen and oxygen atoms in total. The Hall–Kier alpha value is -1.88. The summed E-state index contributed by atoms with van der Waals surface area (Å²) >= 11 is 0. The number of fused-ring (bicyclic) bond motifs is 1. The molecule has 0 aliphatic carbocycles. The lowest BCUT2D eigenvalue weighted by Crippen LogP contribution is -2.56. The summed E-state index contributed by atoms with van der Waals surface area (Å²) in [7, 11) is 0. The number of hydrogen-bond donors (Lipinski definition) is 3. The lowest BCUT2D eigenvalue weighted by Gasteiger charge is -2.30. The molecule has 0 bridgehead atoms. The molecule has 0 fully saturated rings. The zero-order chi connectivity index (χ0) is 14.0. The topological polar surface area (TPSA) is 84.2 Å². The molecule has 1 aliphatic heterocycles. The van der Waals surface area contributed by atoms with Crippen molar-refractivity contribution in [1.82, 2.24) is 10.6 Å². The van der Waals surface area contributed by atoms with Gasteiger partial charge in [-0.15, -0.1) is 0 Å². The van der Waals surface area contributed by atoms with Crippen molar-refractivity contribution < 1.29 is 9.59 Å². The number of nitrogens with two attached hydrogens (primary N) is 1. The quantitative estimate of drug-likeness (QED) is 0.729. The molecule has 1 aromatic carbocycles. The van der Waals surface area contributed by atoms with Crippen LogP contribution < -0.4 is 16.4 Å². The lowest BCUT2D eigenvalue weighted by molar-refractivity contribution is -0.131. The van der Waals surface area contributed by atoms with E-state index in [0.717, 1.165) is 18.5 Å². The van der Waals surface area contributed by atoms with Gasteiger partial charge in [0.15, 0.2) is 0 Å². The first-order chi connectivity index (χ1) is 8.92. The zero-order valence-corrected chi connectivity index (χ0v) is 11.2. The minimum atomic E-state index is -1.05. The molecule has 1 unspecified atom stereocenters. The van der Waals surface area contributed by atoms with Gasteiger partial charge in [-0.3, -0.25) is 9.59 Å². The summed E-state index contributed by atoms with van der Waals surface area (Å²) in [5.41, 5.74) is 6.35. The van der Waals surface area contributed by atoms with E-state index >= 15 is 0 Å². The van der Waals surface area contributed by atoms with Gasteiger partial charge >= 0.3 is 0 Å². The second kappa shape index (κ2) is 5.01. The van der Waals surface area contributed by atoms with Gasteiger partial charge in [-0.2, -0.15) is 0 Å². The number of hydrogen-bond acceptors (Lipinski definition) is 3. The molecule has 2 rings (SSSR count). The number of primary amides is 1. The van der Waals surface area contributed by atoms with Crippen molar-refractivity contribution in [3.63, 3.8) is 0 Å². The molecule has 1 heterocycles. The van der Waals surface area contributed by atoms with Gasteiger partial charge in [0.25, 0.3) is 0 Å². The maximum absolute atomic E-state index is 12.3. The van der Waals surface area contributed by atoms with Gasteiger partial charge in [-0.05, 0) is 31.4 Å². The van der Waals surface area contributed by atoms with Crippen LogP contribution in [0.5, 0.6) is 0 Å². The van der Waals surface area contributed by atoms with E-state index in [-0.39, 0.29) is 5.91 Å². The Morgan fingerprint density at radius 1 is 1.37 bits per heavy atom. The first-order valence-electron chi connectivity index (χ1n) is 6.35. The Morgan fingerprint density at radius 3 is 2.74 bits per heavy atom. The highest BCUT2D eigenvalue weighted by Gasteiger charge is 2.32. The summed E-state index contributed by atoms with van der Waals surface area (Å²) in [6.07, 6.45) is 0.902. The molecule has 102 valence electrons. The fourth-order valence-electron chi connectivity index (χ4n) is 2.18. The predicted molar refractivity (Wildman–Crippen MR) is 72.3 cm³/mol. The van der Waals surface area contributed by atoms with Crippen LogP contribution in [0.3, 0.4) is 0 Å². The predicted octanol–water partition coefficient (Wildman–Crippen LogP) is 0.253. The van der Waals surface area contributed by atoms with Gasteiger partial charge in [0, 0.05) is 6.54 Å². The summed E-state index contributed by atoms with van der Waals surface area (Å²) in [6, 6.07) is 7.40. The molecule has 0 spiro atoms. The molecule has 0 saturated carbocycles. The highest BCUT2D eigenvalue weighted by atomic mass is 16.2. The smallest absolute Gasteiger partial charge is 0.242 e. The molecule has 1 aromatic rings. The third-order valence-electron chi connectivity index (χ3n) is 3.42. The largest absolute Gasteiger partial charge is 0.368 e. The van der Waals surface area contributed by atoms with E-state index in [4.69, 9.17) is 5.73 Å². The number of carbonyl (C=O) groups excluding carboxylic acids is 2. The highest BCUT2D eigenvalue weighted by molar-refractivity contribution is 5.92. The second-order valence-corrected chi connectivity index (χ2v) is 5.31. The molecule has 0 aromatic heterocycles. The van der Waals surface area contributed by atoms with Crippen LogP contribution in [-0.2, 0) is 16.0 Å². The third kappa shape index (κ3) is 2.76. The molecular weight excluding hydrogens is 242 g/mol. The van der Waals surface area contributed by atoms with E-state index in [1.165, 1.54) is 5.56 Å². The number of benzene rings is 1. The van der Waals surface area contributed by atoms with Crippen molar-refractivity contribution in [2.24, 2.45) is 5.73 Å². The molecule has 0 saturated heterocycles. The van der Waals surface area contributed by atoms with Crippen molar-refractivity contribution in [3.05, 3.63) is 35.4 Å². The van der Waals surface area contributed by atoms with Gasteiger partial charge in [0.1, 0.15) is 11.6 Å². The first-order valence-corrected chi connectivity index (χ1v) is 6.35. The molecule has 0 radical (unpaired) electrons. The summed E-state index contributed by atoms with van der Waals surface area (Å²) in [4.78, 5) is 23.6. The average Bonchev–Trinajstić information content (AvgIpc) is 2.37. The number of carbonyl (C=O) groups is 2. The molecular formula is C14H19N3O2. The molecule has 2 amide bonds. The van der Waals surface area contributed by atoms with Crippen LogP contribution in [0.25, 0.3) is 0 Å². The molecule has 1 aliphatic rings. The standard InChI is InChI=1S/C14H19N3O2/c1-14(2,13(15)19)17-12(18)11-10-6-4-3-5-9(10)7-8-16-11/h3-6,11,16H,7-8H2,1-2H3,(H2,15,19)(H,17,18). The van der Waals surface area contributed by atoms with Crippen LogP contribution in [0, 0.1) is 0 Å². The van der Waals surface area contributed by atoms with Crippen molar-refractivity contribution in [3.8, 4) is 0 Å². The lowest BCUT2D eigenvalue weighted by atomic mass is 9.93. The average molecular weight is 261 g/mol. The van der Waals surface area contributed by atoms with E-state index in [2.05, 4.69) is 10.6 Å². The van der Waals surface area contributed by atoms with Crippen molar-refractivity contribution in [1.29, 1.82) is 0 Å². The monoisotopic (exact) mass is 261 g/mol. The second-order valence-electron chi connectivity index (χ2n) is 5.31. The fraction of sp³-hybridized carbons (Fsp3) is 0.429. The van der Waals surface area contributed by atoms with Crippen molar-refractivity contribution in [2.45, 2.75) is 31.8 Å². The Labute approximate surface area is 112 Å². The van der Waals surface area contributed by atoms with Crippen LogP contribution in [-0.4, -0.2) is 23.9 Å². The Balaban J connectivity index is 2.20. The zero-order valence-electron chi connectivity index (χ0n) is 11.2. The van der Waals surface area contributed by atoms with Crippen LogP contribution in [0.2, 0.25) is 0 Å². The normalized spacial score (nSPS) is 18.5. The minimum absolute atomic E-state index is 0.226. The van der Waals surface area contributed by atoms with Crippen LogP contribution >= 0.6 is 0 Å². The van der Waals surface area contributed by atoms with Crippen molar-refractivity contribution >= 4 is 11.8 Å². The van der Waals surface area contributed by atoms with Gasteiger partial charge in [-0.25, -0.2) is 0 Å².